The van der Waals surface area contributed by atoms with Gasteiger partial charge in [0.15, 0.2) is 0 Å². The molecule has 0 atom stereocenters. The van der Waals surface area contributed by atoms with E-state index >= 15 is 0 Å². The number of rotatable bonds is 5. The van der Waals surface area contributed by atoms with Crippen molar-refractivity contribution in [3.63, 3.8) is 0 Å². The van der Waals surface area contributed by atoms with Gasteiger partial charge in [0.25, 0.3) is 0 Å². The van der Waals surface area contributed by atoms with E-state index in [0.29, 0.717) is 5.92 Å². The molecule has 22 heavy (non-hydrogen) atoms. The summed E-state index contributed by atoms with van der Waals surface area (Å²) in [5, 5.41) is 0. The number of halogens is 1. The highest BCUT2D eigenvalue weighted by atomic mass is 19.1. The molecule has 2 rings (SSSR count). The molecule has 0 spiro atoms. The molecule has 1 aliphatic heterocycles. The Balaban J connectivity index is 0.00000116. The Morgan fingerprint density at radius 1 is 1.05 bits per heavy atom. The smallest absolute Gasteiger partial charge is 0.127 e. The summed E-state index contributed by atoms with van der Waals surface area (Å²) in [6.07, 6.45) is 1.21. The highest BCUT2D eigenvalue weighted by Crippen LogP contribution is 2.19. The quantitative estimate of drug-likeness (QED) is 0.790. The van der Waals surface area contributed by atoms with Gasteiger partial charge in [0, 0.05) is 38.3 Å². The maximum absolute atomic E-state index is 14.1. The van der Waals surface area contributed by atoms with Gasteiger partial charge < -0.3 is 4.90 Å². The van der Waals surface area contributed by atoms with Crippen molar-refractivity contribution in [3.05, 3.63) is 35.1 Å². The molecule has 1 aromatic rings. The molecule has 2 nitrogen and oxygen atoms in total. The molecule has 0 saturated carbocycles. The molecule has 0 amide bonds. The van der Waals surface area contributed by atoms with E-state index in [4.69, 9.17) is 0 Å². The van der Waals surface area contributed by atoms with Gasteiger partial charge in [-0.1, -0.05) is 46.8 Å². The first-order valence-electron chi connectivity index (χ1n) is 8.83. The summed E-state index contributed by atoms with van der Waals surface area (Å²) in [6.45, 7) is 16.7. The molecule has 3 heteroatoms. The first-order chi connectivity index (χ1) is 10.6. The molecule has 1 aliphatic rings. The number of hydrogen-bond donors (Lipinski definition) is 0. The van der Waals surface area contributed by atoms with E-state index in [1.54, 1.807) is 6.07 Å². The minimum absolute atomic E-state index is 0.0489. The Bertz CT molecular complexity index is 423. The van der Waals surface area contributed by atoms with Crippen molar-refractivity contribution in [1.29, 1.82) is 0 Å². The van der Waals surface area contributed by atoms with Gasteiger partial charge >= 0.3 is 0 Å². The molecule has 1 aromatic carbocycles. The monoisotopic (exact) mass is 308 g/mol. The van der Waals surface area contributed by atoms with Crippen LogP contribution >= 0.6 is 0 Å². The third-order valence-electron chi connectivity index (χ3n) is 4.14. The van der Waals surface area contributed by atoms with Crippen LogP contribution in [0.5, 0.6) is 0 Å². The third kappa shape index (κ3) is 5.69. The van der Waals surface area contributed by atoms with Gasteiger partial charge in [-0.25, -0.2) is 4.39 Å². The lowest BCUT2D eigenvalue weighted by atomic mass is 10.0. The van der Waals surface area contributed by atoms with Crippen molar-refractivity contribution in [3.8, 4) is 0 Å². The molecule has 0 unspecified atom stereocenters. The minimum Gasteiger partial charge on any atom is -0.301 e. The molecule has 0 aromatic heterocycles. The minimum atomic E-state index is -0.0489. The highest BCUT2D eigenvalue weighted by molar-refractivity contribution is 5.26. The Labute approximate surface area is 136 Å². The molecule has 126 valence electrons. The zero-order valence-electron chi connectivity index (χ0n) is 15.0. The fraction of sp³-hybridized carbons (Fsp3) is 0.684. The molecule has 0 aliphatic carbocycles. The zero-order valence-corrected chi connectivity index (χ0v) is 15.0. The topological polar surface area (TPSA) is 6.48 Å². The largest absolute Gasteiger partial charge is 0.301 e. The molecule has 1 saturated heterocycles. The van der Waals surface area contributed by atoms with Gasteiger partial charge in [-0.3, -0.25) is 4.90 Å². The first-order valence-corrected chi connectivity index (χ1v) is 8.83. The maximum Gasteiger partial charge on any atom is 0.127 e. The van der Waals surface area contributed by atoms with Crippen molar-refractivity contribution in [2.75, 3.05) is 32.7 Å². The van der Waals surface area contributed by atoms with Gasteiger partial charge in [0.2, 0.25) is 0 Å². The van der Waals surface area contributed by atoms with Crippen LogP contribution in [0.3, 0.4) is 0 Å². The number of hydrogen-bond acceptors (Lipinski definition) is 2. The van der Waals surface area contributed by atoms with E-state index in [1.165, 1.54) is 13.0 Å². The van der Waals surface area contributed by atoms with Crippen molar-refractivity contribution < 1.29 is 4.39 Å². The van der Waals surface area contributed by atoms with Crippen molar-refractivity contribution in [2.45, 2.75) is 53.5 Å². The Morgan fingerprint density at radius 2 is 1.64 bits per heavy atom. The molecule has 1 fully saturated rings. The lowest BCUT2D eigenvalue weighted by Crippen LogP contribution is -2.46. The molecular weight excluding hydrogens is 275 g/mol. The van der Waals surface area contributed by atoms with E-state index in [1.807, 2.05) is 19.9 Å². The number of nitrogens with zero attached hydrogens (tertiary/aromatic N) is 2. The summed E-state index contributed by atoms with van der Waals surface area (Å²) in [5.74, 6) is 0.336. The van der Waals surface area contributed by atoms with E-state index < -0.39 is 0 Å². The second kappa shape index (κ2) is 9.96. The lowest BCUT2D eigenvalue weighted by molar-refractivity contribution is 0.126. The predicted molar refractivity (Wildman–Crippen MR) is 93.8 cm³/mol. The van der Waals surface area contributed by atoms with Crippen LogP contribution in [0.1, 0.15) is 58.1 Å². The van der Waals surface area contributed by atoms with Crippen molar-refractivity contribution in [2.24, 2.45) is 0 Å². The normalized spacial score (nSPS) is 16.5. The van der Waals surface area contributed by atoms with E-state index in [-0.39, 0.29) is 5.82 Å². The summed E-state index contributed by atoms with van der Waals surface area (Å²) < 4.78 is 14.1. The van der Waals surface area contributed by atoms with Crippen LogP contribution in [0.2, 0.25) is 0 Å². The zero-order chi connectivity index (χ0) is 16.5. The van der Waals surface area contributed by atoms with Crippen LogP contribution < -0.4 is 0 Å². The fourth-order valence-electron chi connectivity index (χ4n) is 2.78. The van der Waals surface area contributed by atoms with Crippen LogP contribution in [0.4, 0.5) is 4.39 Å². The molecule has 0 radical (unpaired) electrons. The summed E-state index contributed by atoms with van der Waals surface area (Å²) in [4.78, 5) is 4.86. The Kier molecular flexibility index (Phi) is 8.66. The summed E-state index contributed by atoms with van der Waals surface area (Å²) >= 11 is 0. The average Bonchev–Trinajstić information content (AvgIpc) is 2.53. The van der Waals surface area contributed by atoms with Crippen LogP contribution in [-0.4, -0.2) is 42.5 Å². The summed E-state index contributed by atoms with van der Waals surface area (Å²) in [6, 6.07) is 5.73. The maximum atomic E-state index is 14.1. The second-order valence-corrected chi connectivity index (χ2v) is 6.12. The SMILES string of the molecule is CC.CCCN1CCN(Cc2ccc(C(C)C)cc2F)CC1. The predicted octanol–water partition coefficient (Wildman–Crippen LogP) is 4.50. The van der Waals surface area contributed by atoms with Crippen molar-refractivity contribution >= 4 is 0 Å². The molecule has 0 N–H and O–H groups in total. The fourth-order valence-corrected chi connectivity index (χ4v) is 2.78. The summed E-state index contributed by atoms with van der Waals surface area (Å²) in [5.41, 5.74) is 1.91. The van der Waals surface area contributed by atoms with Crippen LogP contribution in [-0.2, 0) is 6.54 Å². The van der Waals surface area contributed by atoms with Gasteiger partial charge in [0.1, 0.15) is 5.82 Å². The first kappa shape index (κ1) is 19.1. The van der Waals surface area contributed by atoms with Crippen LogP contribution in [0, 0.1) is 5.82 Å². The van der Waals surface area contributed by atoms with Crippen molar-refractivity contribution in [1.82, 2.24) is 9.80 Å². The standard InChI is InChI=1S/C17H27FN2.C2H6/c1-4-7-19-8-10-20(11-9-19)13-16-6-5-15(14(2)3)12-17(16)18;1-2/h5-6,12,14H,4,7-11,13H2,1-3H3;1-2H3. The number of piperazine rings is 1. The van der Waals surface area contributed by atoms with E-state index in [9.17, 15) is 4.39 Å². The highest BCUT2D eigenvalue weighted by Gasteiger charge is 2.17. The Hall–Kier alpha value is -0.930. The average molecular weight is 308 g/mol. The Morgan fingerprint density at radius 3 is 2.14 bits per heavy atom. The lowest BCUT2D eigenvalue weighted by Gasteiger charge is -2.34. The third-order valence-corrected chi connectivity index (χ3v) is 4.14. The van der Waals surface area contributed by atoms with Gasteiger partial charge in [-0.2, -0.15) is 0 Å². The summed E-state index contributed by atoms with van der Waals surface area (Å²) in [7, 11) is 0. The van der Waals surface area contributed by atoms with Gasteiger partial charge in [-0.15, -0.1) is 0 Å². The molecule has 0 bridgehead atoms. The van der Waals surface area contributed by atoms with Crippen LogP contribution in [0.25, 0.3) is 0 Å². The van der Waals surface area contributed by atoms with E-state index in [0.717, 1.165) is 43.9 Å². The molecular formula is C19H33FN2. The van der Waals surface area contributed by atoms with Crippen LogP contribution in [0.15, 0.2) is 18.2 Å². The van der Waals surface area contributed by atoms with Gasteiger partial charge in [0.05, 0.1) is 0 Å². The number of benzene rings is 1. The van der Waals surface area contributed by atoms with E-state index in [2.05, 4.69) is 36.6 Å². The second-order valence-electron chi connectivity index (χ2n) is 6.12. The van der Waals surface area contributed by atoms with Gasteiger partial charge in [-0.05, 0) is 30.5 Å². The molecule has 1 heterocycles.